The van der Waals surface area contributed by atoms with Gasteiger partial charge >= 0.3 is 0 Å². The molecule has 0 radical (unpaired) electrons. The topological polar surface area (TPSA) is 38.7 Å². The zero-order valence-electron chi connectivity index (χ0n) is 13.6. The minimum Gasteiger partial charge on any atom is -0.497 e. The van der Waals surface area contributed by atoms with Crippen LogP contribution in [0.1, 0.15) is 37.0 Å². The van der Waals surface area contributed by atoms with E-state index >= 15 is 0 Å². The summed E-state index contributed by atoms with van der Waals surface area (Å²) in [6.45, 7) is 2.07. The molecule has 0 aliphatic carbocycles. The van der Waals surface area contributed by atoms with E-state index in [-0.39, 0.29) is 0 Å². The highest BCUT2D eigenvalue weighted by atomic mass is 16.5. The van der Waals surface area contributed by atoms with Crippen LogP contribution < -0.4 is 9.47 Å². The number of methoxy groups -OCH3 is 1. The second-order valence-electron chi connectivity index (χ2n) is 5.92. The van der Waals surface area contributed by atoms with Gasteiger partial charge in [-0.25, -0.2) is 0 Å². The molecular formula is C20H22O3. The van der Waals surface area contributed by atoms with Crippen LogP contribution in [0.3, 0.4) is 0 Å². The lowest BCUT2D eigenvalue weighted by Crippen LogP contribution is -1.99. The summed E-state index contributed by atoms with van der Waals surface area (Å²) in [6.07, 6.45) is 4.14. The molecule has 0 bridgehead atoms. The smallest absolute Gasteiger partial charge is 0.133 e. The zero-order valence-corrected chi connectivity index (χ0v) is 13.6. The monoisotopic (exact) mass is 310 g/mol. The average molecular weight is 310 g/mol. The van der Waals surface area contributed by atoms with Gasteiger partial charge in [-0.2, -0.15) is 0 Å². The molecule has 0 fully saturated rings. The van der Waals surface area contributed by atoms with Crippen LogP contribution in [0.2, 0.25) is 0 Å². The summed E-state index contributed by atoms with van der Waals surface area (Å²) in [7, 11) is 1.67. The highest BCUT2D eigenvalue weighted by Crippen LogP contribution is 2.35. The Morgan fingerprint density at radius 3 is 2.74 bits per heavy atom. The number of para-hydroxylation sites is 1. The van der Waals surface area contributed by atoms with Gasteiger partial charge in [0.1, 0.15) is 23.4 Å². The van der Waals surface area contributed by atoms with Crippen molar-refractivity contribution in [3.8, 4) is 17.2 Å². The largest absolute Gasteiger partial charge is 0.497 e. The van der Waals surface area contributed by atoms with E-state index in [1.54, 1.807) is 7.11 Å². The normalized spacial score (nSPS) is 17.9. The first-order valence-corrected chi connectivity index (χ1v) is 7.96. The zero-order chi connectivity index (χ0) is 16.2. The summed E-state index contributed by atoms with van der Waals surface area (Å²) < 4.78 is 11.5. The number of hydrogen-bond donors (Lipinski definition) is 1. The Hall–Kier alpha value is -2.26. The second kappa shape index (κ2) is 6.88. The van der Waals surface area contributed by atoms with E-state index in [4.69, 9.17) is 9.47 Å². The summed E-state index contributed by atoms with van der Waals surface area (Å²) in [5.74, 6) is 2.35. The quantitative estimate of drug-likeness (QED) is 0.769. The van der Waals surface area contributed by atoms with Crippen LogP contribution in [0.5, 0.6) is 17.2 Å². The molecule has 1 aliphatic rings. The first-order chi connectivity index (χ1) is 11.2. The fourth-order valence-corrected chi connectivity index (χ4v) is 2.91. The van der Waals surface area contributed by atoms with Crippen LogP contribution in [0.15, 0.2) is 54.1 Å². The molecule has 0 aromatic heterocycles. The molecule has 0 saturated heterocycles. The Morgan fingerprint density at radius 1 is 1.09 bits per heavy atom. The fourth-order valence-electron chi connectivity index (χ4n) is 2.91. The molecule has 1 N–H and O–H groups in total. The Balaban J connectivity index is 2.07. The van der Waals surface area contributed by atoms with E-state index in [0.29, 0.717) is 5.75 Å². The molecule has 3 heteroatoms. The summed E-state index contributed by atoms with van der Waals surface area (Å²) in [6, 6.07) is 13.5. The van der Waals surface area contributed by atoms with Crippen LogP contribution in [0.4, 0.5) is 0 Å². The number of allylic oxidation sites excluding steroid dienone is 1. The van der Waals surface area contributed by atoms with Gasteiger partial charge in [0.05, 0.1) is 7.11 Å². The van der Waals surface area contributed by atoms with Gasteiger partial charge < -0.3 is 14.6 Å². The first-order valence-electron chi connectivity index (χ1n) is 7.96. The van der Waals surface area contributed by atoms with Crippen LogP contribution in [-0.4, -0.2) is 12.2 Å². The van der Waals surface area contributed by atoms with E-state index in [2.05, 4.69) is 6.92 Å². The highest BCUT2D eigenvalue weighted by Gasteiger charge is 2.15. The Bertz CT molecular complexity index is 719. The molecule has 1 aliphatic heterocycles. The molecule has 23 heavy (non-hydrogen) atoms. The number of aliphatic hydroxyl groups is 1. The number of benzene rings is 2. The highest BCUT2D eigenvalue weighted by molar-refractivity contribution is 5.46. The van der Waals surface area contributed by atoms with Gasteiger partial charge in [0.2, 0.25) is 0 Å². The molecule has 2 aromatic rings. The van der Waals surface area contributed by atoms with Crippen LogP contribution in [0, 0.1) is 0 Å². The van der Waals surface area contributed by atoms with Crippen molar-refractivity contribution in [2.24, 2.45) is 0 Å². The Kier molecular flexibility index (Phi) is 4.68. The molecule has 3 nitrogen and oxygen atoms in total. The third-order valence-corrected chi connectivity index (χ3v) is 4.18. The van der Waals surface area contributed by atoms with E-state index in [9.17, 15) is 5.11 Å². The molecular weight excluding hydrogens is 288 g/mol. The van der Waals surface area contributed by atoms with Crippen LogP contribution in [-0.2, 0) is 6.42 Å². The van der Waals surface area contributed by atoms with Gasteiger partial charge in [-0.15, -0.1) is 0 Å². The summed E-state index contributed by atoms with van der Waals surface area (Å²) >= 11 is 0. The number of rotatable bonds is 1. The SMILES string of the molecule is COc1ccc2c(c1)CCCC(C)=CC(O)c1ccccc1O2. The number of ether oxygens (including phenoxy) is 2. The molecule has 0 saturated carbocycles. The summed E-state index contributed by atoms with van der Waals surface area (Å²) in [5.41, 5.74) is 3.11. The van der Waals surface area contributed by atoms with Gasteiger partial charge in [-0.3, -0.25) is 0 Å². The maximum Gasteiger partial charge on any atom is 0.133 e. The molecule has 2 aromatic carbocycles. The van der Waals surface area contributed by atoms with Crippen molar-refractivity contribution in [3.05, 3.63) is 65.2 Å². The molecule has 0 amide bonds. The fraction of sp³-hybridized carbons (Fsp3) is 0.300. The van der Waals surface area contributed by atoms with Crippen molar-refractivity contribution in [2.75, 3.05) is 7.11 Å². The number of aryl methyl sites for hydroxylation is 1. The van der Waals surface area contributed by atoms with Crippen LogP contribution in [0.25, 0.3) is 0 Å². The third-order valence-electron chi connectivity index (χ3n) is 4.18. The van der Waals surface area contributed by atoms with Gasteiger partial charge in [-0.05, 0) is 56.0 Å². The van der Waals surface area contributed by atoms with Gasteiger partial charge in [0.15, 0.2) is 0 Å². The second-order valence-corrected chi connectivity index (χ2v) is 5.92. The van der Waals surface area contributed by atoms with Gasteiger partial charge in [0, 0.05) is 5.56 Å². The van der Waals surface area contributed by atoms with E-state index < -0.39 is 6.10 Å². The molecule has 1 heterocycles. The maximum atomic E-state index is 10.5. The van der Waals surface area contributed by atoms with Crippen LogP contribution >= 0.6 is 0 Å². The molecule has 120 valence electrons. The van der Waals surface area contributed by atoms with E-state index in [1.165, 1.54) is 5.57 Å². The molecule has 3 rings (SSSR count). The minimum atomic E-state index is -0.647. The van der Waals surface area contributed by atoms with Crippen molar-refractivity contribution in [3.63, 3.8) is 0 Å². The lowest BCUT2D eigenvalue weighted by Gasteiger charge is -2.16. The summed E-state index contributed by atoms with van der Waals surface area (Å²) in [5, 5.41) is 10.5. The van der Waals surface area contributed by atoms with Crippen molar-refractivity contribution < 1.29 is 14.6 Å². The van der Waals surface area contributed by atoms with E-state index in [0.717, 1.165) is 41.9 Å². The molecule has 0 spiro atoms. The summed E-state index contributed by atoms with van der Waals surface area (Å²) in [4.78, 5) is 0. The number of fused-ring (bicyclic) bond motifs is 2. The van der Waals surface area contributed by atoms with Crippen molar-refractivity contribution >= 4 is 0 Å². The molecule has 1 unspecified atom stereocenters. The Morgan fingerprint density at radius 2 is 1.91 bits per heavy atom. The first kappa shape index (κ1) is 15.6. The lowest BCUT2D eigenvalue weighted by molar-refractivity contribution is 0.223. The minimum absolute atomic E-state index is 0.647. The number of aliphatic hydroxyl groups excluding tert-OH is 1. The third kappa shape index (κ3) is 3.57. The van der Waals surface area contributed by atoms with Crippen molar-refractivity contribution in [1.29, 1.82) is 0 Å². The van der Waals surface area contributed by atoms with Gasteiger partial charge in [0.25, 0.3) is 0 Å². The van der Waals surface area contributed by atoms with E-state index in [1.807, 2.05) is 48.5 Å². The predicted octanol–water partition coefficient (Wildman–Crippen LogP) is 4.80. The van der Waals surface area contributed by atoms with Crippen molar-refractivity contribution in [1.82, 2.24) is 0 Å². The Labute approximate surface area is 137 Å². The predicted molar refractivity (Wildman–Crippen MR) is 91.2 cm³/mol. The van der Waals surface area contributed by atoms with Crippen molar-refractivity contribution in [2.45, 2.75) is 32.3 Å². The average Bonchev–Trinajstić information content (AvgIpc) is 2.58. The molecule has 1 atom stereocenters. The lowest BCUT2D eigenvalue weighted by atomic mass is 10.0. The van der Waals surface area contributed by atoms with Gasteiger partial charge in [-0.1, -0.05) is 29.8 Å². The maximum absolute atomic E-state index is 10.5. The number of hydrogen-bond acceptors (Lipinski definition) is 3. The standard InChI is InChI=1S/C20H22O3/c1-14-6-5-7-15-13-16(22-2)10-11-19(15)23-20-9-4-3-8-17(20)18(21)12-14/h3-4,8-13,18,21H,5-7H2,1-2H3.